The van der Waals surface area contributed by atoms with Gasteiger partial charge in [-0.15, -0.1) is 35.6 Å². The van der Waals surface area contributed by atoms with Gasteiger partial charge in [-0.05, 0) is 117 Å². The third-order valence-corrected chi connectivity index (χ3v) is 15.2. The average Bonchev–Trinajstić information content (AvgIpc) is 3.78. The number of carbonyl (C=O) groups excluding carboxylic acids is 3. The Hall–Kier alpha value is -4.23. The molecule has 334 valence electrons. The Labute approximate surface area is 378 Å². The average molecular weight is 913 g/mol. The lowest BCUT2D eigenvalue weighted by Crippen LogP contribution is -2.69. The maximum absolute atomic E-state index is 13.6. The van der Waals surface area contributed by atoms with Crippen molar-refractivity contribution >= 4 is 64.7 Å². The molecule has 0 radical (unpaired) electrons. The molecule has 11 nitrogen and oxygen atoms in total. The molecule has 0 unspecified atom stereocenters. The van der Waals surface area contributed by atoms with Gasteiger partial charge in [0, 0.05) is 28.9 Å². The van der Waals surface area contributed by atoms with Crippen molar-refractivity contribution in [3.05, 3.63) is 119 Å². The van der Waals surface area contributed by atoms with Gasteiger partial charge in [0.2, 0.25) is 5.76 Å². The molecule has 4 N–H and O–H groups in total. The first-order valence-electron chi connectivity index (χ1n) is 20.6. The van der Waals surface area contributed by atoms with Gasteiger partial charge < -0.3 is 34.5 Å². The van der Waals surface area contributed by atoms with E-state index in [4.69, 9.17) is 42.2 Å². The van der Waals surface area contributed by atoms with Crippen LogP contribution in [0.15, 0.2) is 95.2 Å². The fourth-order valence-electron chi connectivity index (χ4n) is 11.2. The molecular weight excluding hydrogens is 857 g/mol. The van der Waals surface area contributed by atoms with Crippen LogP contribution >= 0.6 is 35.6 Å². The fourth-order valence-corrected chi connectivity index (χ4v) is 11.9. The van der Waals surface area contributed by atoms with Crippen molar-refractivity contribution in [3.8, 4) is 5.75 Å². The monoisotopic (exact) mass is 911 g/mol. The van der Waals surface area contributed by atoms with Crippen LogP contribution in [0.4, 0.5) is 0 Å². The van der Waals surface area contributed by atoms with Crippen LogP contribution in [-0.4, -0.2) is 87.2 Å². The number of esters is 1. The Bertz CT molecular complexity index is 2270. The molecule has 8 atom stereocenters. The number of allylic oxidation sites excluding steroid dienone is 4. The van der Waals surface area contributed by atoms with E-state index in [1.165, 1.54) is 18.4 Å². The minimum absolute atomic E-state index is 0. The van der Waals surface area contributed by atoms with Crippen molar-refractivity contribution in [2.75, 3.05) is 26.5 Å². The van der Waals surface area contributed by atoms with Crippen LogP contribution in [0.2, 0.25) is 0 Å². The first kappa shape index (κ1) is 48.8. The van der Waals surface area contributed by atoms with Crippen molar-refractivity contribution < 1.29 is 48.8 Å². The van der Waals surface area contributed by atoms with Gasteiger partial charge in [0.1, 0.15) is 12.4 Å². The Kier molecular flexibility index (Phi) is 14.8. The molecule has 5 aliphatic rings. The molecule has 3 saturated carbocycles. The number of alkyl halides is 2. The first-order valence-corrected chi connectivity index (χ1v) is 21.5. The number of halogens is 3. The summed E-state index contributed by atoms with van der Waals surface area (Å²) < 4.78 is 17.3. The zero-order valence-corrected chi connectivity index (χ0v) is 37.9. The minimum Gasteiger partial charge on any atom is -0.488 e. The number of furan rings is 1. The second-order valence-corrected chi connectivity index (χ2v) is 18.5. The summed E-state index contributed by atoms with van der Waals surface area (Å²) in [6, 6.07) is 17.0. The lowest BCUT2D eigenvalue weighted by atomic mass is 9.45. The number of fused-ring (bicyclic) bond motifs is 7. The van der Waals surface area contributed by atoms with Crippen LogP contribution in [0.25, 0.3) is 5.57 Å². The number of hydrogen-bond donors (Lipinski definition) is 2. The number of benzene rings is 2. The van der Waals surface area contributed by atoms with Crippen LogP contribution in [-0.2, 0) is 32.1 Å². The second-order valence-electron chi connectivity index (χ2n) is 17.6. The summed E-state index contributed by atoms with van der Waals surface area (Å²) >= 11 is 13.6. The van der Waals surface area contributed by atoms with Crippen molar-refractivity contribution in [2.24, 2.45) is 28.6 Å². The van der Waals surface area contributed by atoms with Crippen LogP contribution in [0.5, 0.6) is 5.75 Å². The number of rotatable bonds is 9. The van der Waals surface area contributed by atoms with E-state index in [1.807, 2.05) is 57.2 Å². The molecule has 0 spiro atoms. The third kappa shape index (κ3) is 8.21. The Morgan fingerprint density at radius 1 is 1.05 bits per heavy atom. The lowest BCUT2D eigenvalue weighted by molar-refractivity contribution is -0.177. The van der Waals surface area contributed by atoms with Crippen LogP contribution < -0.4 is 4.74 Å². The summed E-state index contributed by atoms with van der Waals surface area (Å²) in [5.74, 6) is -2.14. The standard InChI is InChI=1S/C27H30Cl2O6.C21H23NO3.ClH.H2O/c1-15-11-19-18-7-6-16-12-17(30)8-9-24(16,2)26(18,29)21(31)13-25(19,3)27(15,22(32)14-28)35-23(33)20-5-4-10-34-20;1-22(2)11-5-8-18-17-7-4-3-6-16(17)14-25-20-10-9-15(12-19(18)20)13-21(23)24;;/h4-5,8-10,12,15,18-19,21,31H,6-7,11,13-14H2,1-3H3;3-4,6-10,12H,5,11,13-14H2,1-2H3,(H,23,24);1H;1H2/b;18-8-;;/t15-,18+,19+,21+,24+,25+,26+,27+;;;/m1.../s1. The number of Topliss-reactive ketones (excluding diaryl/α,β-unsaturated/α-hetero) is 1. The van der Waals surface area contributed by atoms with Crippen molar-refractivity contribution in [2.45, 2.75) is 82.5 Å². The largest absolute Gasteiger partial charge is 0.488 e. The van der Waals surface area contributed by atoms with Crippen LogP contribution in [0.3, 0.4) is 0 Å². The first-order chi connectivity index (χ1) is 28.5. The SMILES string of the molecule is CN(C)CC/C=C1/c2ccccc2COc2ccc(CC(=O)O)cc21.C[C@@H]1C[C@H]2[C@@H]3CCC4=CC(=O)C=C[C@]4(C)[C@@]3(Cl)[C@@H](O)C[C@]2(C)[C@@]1(OC(=O)c1ccco1)C(=O)CCl.Cl.O. The molecule has 62 heavy (non-hydrogen) atoms. The predicted molar refractivity (Wildman–Crippen MR) is 240 cm³/mol. The van der Waals surface area contributed by atoms with Crippen LogP contribution in [0.1, 0.15) is 85.7 Å². The Balaban J connectivity index is 0.000000239. The highest BCUT2D eigenvalue weighted by atomic mass is 35.5. The molecule has 3 fully saturated rings. The van der Waals surface area contributed by atoms with E-state index >= 15 is 0 Å². The lowest BCUT2D eigenvalue weighted by Gasteiger charge is -2.64. The van der Waals surface area contributed by atoms with Gasteiger partial charge in [-0.1, -0.05) is 68.8 Å². The predicted octanol–water partition coefficient (Wildman–Crippen LogP) is 8.06. The Morgan fingerprint density at radius 2 is 1.79 bits per heavy atom. The van der Waals surface area contributed by atoms with Crippen molar-refractivity contribution in [3.63, 3.8) is 0 Å². The second kappa shape index (κ2) is 18.9. The third-order valence-electron chi connectivity index (χ3n) is 14.0. The van der Waals surface area contributed by atoms with E-state index in [2.05, 4.69) is 37.2 Å². The summed E-state index contributed by atoms with van der Waals surface area (Å²) in [6.07, 6.45) is 10.6. The highest BCUT2D eigenvalue weighted by Gasteiger charge is 2.76. The van der Waals surface area contributed by atoms with Crippen molar-refractivity contribution in [1.29, 1.82) is 0 Å². The van der Waals surface area contributed by atoms with Gasteiger partial charge in [0.25, 0.3) is 0 Å². The van der Waals surface area contributed by atoms with Crippen LogP contribution in [0, 0.1) is 28.6 Å². The fraction of sp³-hybridized carbons (Fsp3) is 0.458. The topological polar surface area (TPSA) is 175 Å². The summed E-state index contributed by atoms with van der Waals surface area (Å²) in [6.45, 7) is 7.29. The van der Waals surface area contributed by atoms with E-state index in [1.54, 1.807) is 12.1 Å². The number of ether oxygens (including phenoxy) is 2. The maximum Gasteiger partial charge on any atom is 0.375 e. The number of aliphatic carboxylic acids is 1. The van der Waals surface area contributed by atoms with Crippen molar-refractivity contribution in [1.82, 2.24) is 4.90 Å². The van der Waals surface area contributed by atoms with Gasteiger partial charge in [-0.2, -0.15) is 0 Å². The Morgan fingerprint density at radius 3 is 2.47 bits per heavy atom. The van der Waals surface area contributed by atoms with E-state index < -0.39 is 39.3 Å². The normalized spacial score (nSPS) is 30.8. The molecule has 2 aromatic carbocycles. The molecule has 8 rings (SSSR count). The summed E-state index contributed by atoms with van der Waals surface area (Å²) in [5.41, 5.74) is 2.99. The highest BCUT2D eigenvalue weighted by Crippen LogP contribution is 2.72. The molecule has 0 amide bonds. The summed E-state index contributed by atoms with van der Waals surface area (Å²) in [5, 5.41) is 20.9. The number of hydrogen-bond acceptors (Lipinski definition) is 9. The summed E-state index contributed by atoms with van der Waals surface area (Å²) in [4.78, 5) is 50.9. The summed E-state index contributed by atoms with van der Waals surface area (Å²) in [7, 11) is 4.11. The zero-order valence-electron chi connectivity index (χ0n) is 35.6. The smallest absolute Gasteiger partial charge is 0.375 e. The van der Waals surface area contributed by atoms with E-state index in [0.29, 0.717) is 25.9 Å². The quantitative estimate of drug-likeness (QED) is 0.158. The van der Waals surface area contributed by atoms with Gasteiger partial charge in [0.15, 0.2) is 17.2 Å². The molecule has 0 saturated heterocycles. The number of carboxylic acid groups (broad SMARTS) is 1. The van der Waals surface area contributed by atoms with Gasteiger partial charge in [-0.3, -0.25) is 14.4 Å². The molecule has 14 heteroatoms. The molecule has 3 aromatic rings. The van der Waals surface area contributed by atoms with Gasteiger partial charge >= 0.3 is 11.9 Å². The highest BCUT2D eigenvalue weighted by molar-refractivity contribution is 6.29. The molecule has 1 aliphatic heterocycles. The number of aliphatic hydroxyl groups is 1. The molecule has 2 heterocycles. The maximum atomic E-state index is 13.6. The van der Waals surface area contributed by atoms with Gasteiger partial charge in [0.05, 0.1) is 29.5 Å². The van der Waals surface area contributed by atoms with E-state index in [-0.39, 0.29) is 71.7 Å². The molecule has 4 aliphatic carbocycles. The van der Waals surface area contributed by atoms with E-state index in [9.17, 15) is 24.3 Å². The number of carbonyl (C=O) groups is 4. The molecule has 0 bridgehead atoms. The number of aliphatic hydroxyl groups excluding tert-OH is 1. The number of ketones is 2. The number of nitrogens with zero attached hydrogens (tertiary/aromatic N) is 1. The molecular formula is C48H56Cl3NO10. The minimum atomic E-state index is -1.53. The number of carboxylic acids is 1. The van der Waals surface area contributed by atoms with E-state index in [0.717, 1.165) is 52.1 Å². The molecule has 1 aromatic heterocycles. The zero-order chi connectivity index (χ0) is 43.2. The van der Waals surface area contributed by atoms with Gasteiger partial charge in [-0.25, -0.2) is 4.79 Å².